The van der Waals surface area contributed by atoms with Gasteiger partial charge in [0.25, 0.3) is 0 Å². The molecule has 3 heterocycles. The van der Waals surface area contributed by atoms with Crippen molar-refractivity contribution in [1.29, 1.82) is 0 Å². The first-order chi connectivity index (χ1) is 9.84. The number of amidine groups is 1. The highest BCUT2D eigenvalue weighted by Gasteiger charge is 2.19. The summed E-state index contributed by atoms with van der Waals surface area (Å²) in [5, 5.41) is 4.28. The van der Waals surface area contributed by atoms with E-state index in [-0.39, 0.29) is 6.04 Å². The summed E-state index contributed by atoms with van der Waals surface area (Å²) in [5.41, 5.74) is 2.26. The zero-order chi connectivity index (χ0) is 13.8. The monoisotopic (exact) mass is 285 g/mol. The lowest BCUT2D eigenvalue weighted by Crippen LogP contribution is -2.32. The van der Waals surface area contributed by atoms with Crippen molar-refractivity contribution in [2.45, 2.75) is 25.3 Å². The fourth-order valence-electron chi connectivity index (χ4n) is 2.54. The van der Waals surface area contributed by atoms with Gasteiger partial charge in [-0.15, -0.1) is 0 Å². The molecule has 0 amide bonds. The average molecular weight is 285 g/mol. The first kappa shape index (κ1) is 13.3. The summed E-state index contributed by atoms with van der Waals surface area (Å²) in [5.74, 6) is 1.21. The fourth-order valence-corrected chi connectivity index (χ4v) is 3.22. The summed E-state index contributed by atoms with van der Waals surface area (Å²) >= 11 is 1.71. The molecule has 0 aromatic carbocycles. The quantitative estimate of drug-likeness (QED) is 0.859. The molecule has 0 spiro atoms. The van der Waals surface area contributed by atoms with Crippen molar-refractivity contribution in [3.63, 3.8) is 0 Å². The lowest BCUT2D eigenvalue weighted by Gasteiger charge is -2.27. The molecule has 0 radical (unpaired) electrons. The summed E-state index contributed by atoms with van der Waals surface area (Å²) in [6.45, 7) is 1.11. The molecule has 1 atom stereocenters. The Balaban J connectivity index is 1.96. The van der Waals surface area contributed by atoms with Gasteiger partial charge in [-0.05, 0) is 47.4 Å². The molecule has 1 saturated heterocycles. The molecule has 2 aromatic rings. The molecule has 0 saturated carbocycles. The Kier molecular flexibility index (Phi) is 4.11. The highest BCUT2D eigenvalue weighted by atomic mass is 32.1. The second-order valence-electron chi connectivity index (χ2n) is 5.14. The van der Waals surface area contributed by atoms with Crippen molar-refractivity contribution < 1.29 is 0 Å². The minimum Gasteiger partial charge on any atom is -0.363 e. The third-order valence-electron chi connectivity index (χ3n) is 3.69. The predicted octanol–water partition coefficient (Wildman–Crippen LogP) is 3.75. The number of rotatable bonds is 3. The molecule has 3 nitrogen and oxygen atoms in total. The van der Waals surface area contributed by atoms with Crippen LogP contribution in [0.15, 0.2) is 46.2 Å². The number of hydrogen-bond donors (Lipinski definition) is 0. The number of pyridine rings is 1. The molecule has 0 bridgehead atoms. The van der Waals surface area contributed by atoms with Crippen LogP contribution in [-0.2, 0) is 0 Å². The lowest BCUT2D eigenvalue weighted by atomic mass is 10.1. The van der Waals surface area contributed by atoms with Gasteiger partial charge in [-0.2, -0.15) is 11.3 Å². The van der Waals surface area contributed by atoms with E-state index in [4.69, 9.17) is 4.99 Å². The standard InChI is InChI=1S/C16H19N3S/c1-19-10-5-3-7-15(19)18-16(13-8-11-20-12-13)14-6-2-4-9-17-14/h2,4,6,8-9,11-12,16H,3,5,7,10H2,1H3. The second-order valence-corrected chi connectivity index (χ2v) is 5.92. The summed E-state index contributed by atoms with van der Waals surface area (Å²) in [7, 11) is 2.14. The number of nitrogens with zero attached hydrogens (tertiary/aromatic N) is 3. The summed E-state index contributed by atoms with van der Waals surface area (Å²) in [6, 6.07) is 8.23. The summed E-state index contributed by atoms with van der Waals surface area (Å²) in [6.07, 6.45) is 5.42. The molecule has 104 valence electrons. The number of piperidine rings is 1. The Hall–Kier alpha value is -1.68. The molecular weight excluding hydrogens is 266 g/mol. The largest absolute Gasteiger partial charge is 0.363 e. The Labute approximate surface area is 124 Å². The topological polar surface area (TPSA) is 28.5 Å². The van der Waals surface area contributed by atoms with E-state index in [1.807, 2.05) is 18.3 Å². The molecular formula is C16H19N3S. The van der Waals surface area contributed by atoms with E-state index in [9.17, 15) is 0 Å². The van der Waals surface area contributed by atoms with E-state index < -0.39 is 0 Å². The van der Waals surface area contributed by atoms with Gasteiger partial charge in [0.2, 0.25) is 0 Å². The maximum atomic E-state index is 5.02. The highest BCUT2D eigenvalue weighted by Crippen LogP contribution is 2.28. The van der Waals surface area contributed by atoms with Crippen molar-refractivity contribution in [3.05, 3.63) is 52.5 Å². The number of aliphatic imine (C=N–C) groups is 1. The number of likely N-dealkylation sites (tertiary alicyclic amines) is 1. The first-order valence-corrected chi connectivity index (χ1v) is 8.00. The van der Waals surface area contributed by atoms with Gasteiger partial charge in [0.05, 0.1) is 11.5 Å². The van der Waals surface area contributed by atoms with Crippen LogP contribution in [0.4, 0.5) is 0 Å². The molecule has 1 unspecified atom stereocenters. The van der Waals surface area contributed by atoms with Crippen molar-refractivity contribution >= 4 is 17.2 Å². The van der Waals surface area contributed by atoms with Crippen LogP contribution >= 0.6 is 11.3 Å². The van der Waals surface area contributed by atoms with Gasteiger partial charge >= 0.3 is 0 Å². The third kappa shape index (κ3) is 2.90. The SMILES string of the molecule is CN1CCCCC1=NC(c1ccsc1)c1ccccn1. The number of hydrogen-bond acceptors (Lipinski definition) is 3. The minimum absolute atomic E-state index is 0.0259. The van der Waals surface area contributed by atoms with Crippen molar-refractivity contribution in [3.8, 4) is 0 Å². The molecule has 2 aromatic heterocycles. The van der Waals surface area contributed by atoms with Crippen LogP contribution in [0.3, 0.4) is 0 Å². The summed E-state index contributed by atoms with van der Waals surface area (Å²) < 4.78 is 0. The van der Waals surface area contributed by atoms with Gasteiger partial charge in [-0.1, -0.05) is 6.07 Å². The van der Waals surface area contributed by atoms with Crippen LogP contribution in [0, 0.1) is 0 Å². The predicted molar refractivity (Wildman–Crippen MR) is 84.3 cm³/mol. The number of thiophene rings is 1. The normalized spacial score (nSPS) is 19.2. The maximum Gasteiger partial charge on any atom is 0.120 e. The van der Waals surface area contributed by atoms with E-state index in [1.54, 1.807) is 11.3 Å². The van der Waals surface area contributed by atoms with Crippen molar-refractivity contribution in [1.82, 2.24) is 9.88 Å². The van der Waals surface area contributed by atoms with E-state index in [1.165, 1.54) is 24.2 Å². The van der Waals surface area contributed by atoms with Gasteiger partial charge in [-0.3, -0.25) is 9.98 Å². The van der Waals surface area contributed by atoms with E-state index in [0.29, 0.717) is 0 Å². The molecule has 1 aliphatic heterocycles. The molecule has 0 N–H and O–H groups in total. The molecule has 4 heteroatoms. The number of aromatic nitrogens is 1. The maximum absolute atomic E-state index is 5.02. The fraction of sp³-hybridized carbons (Fsp3) is 0.375. The minimum atomic E-state index is 0.0259. The second kappa shape index (κ2) is 6.18. The molecule has 1 aliphatic rings. The highest BCUT2D eigenvalue weighted by molar-refractivity contribution is 7.08. The van der Waals surface area contributed by atoms with Gasteiger partial charge in [0.1, 0.15) is 6.04 Å². The van der Waals surface area contributed by atoms with Gasteiger partial charge in [0, 0.05) is 26.2 Å². The van der Waals surface area contributed by atoms with E-state index >= 15 is 0 Å². The van der Waals surface area contributed by atoms with Crippen molar-refractivity contribution in [2.24, 2.45) is 4.99 Å². The smallest absolute Gasteiger partial charge is 0.120 e. The average Bonchev–Trinajstić information content (AvgIpc) is 3.01. The Morgan fingerprint density at radius 1 is 1.30 bits per heavy atom. The van der Waals surface area contributed by atoms with E-state index in [2.05, 4.69) is 39.8 Å². The molecule has 20 heavy (non-hydrogen) atoms. The van der Waals surface area contributed by atoms with Crippen LogP contribution in [0.1, 0.15) is 36.6 Å². The van der Waals surface area contributed by atoms with Crippen LogP contribution < -0.4 is 0 Å². The zero-order valence-corrected chi connectivity index (χ0v) is 12.5. The van der Waals surface area contributed by atoms with Crippen LogP contribution in [0.2, 0.25) is 0 Å². The first-order valence-electron chi connectivity index (χ1n) is 7.05. The molecule has 0 aliphatic carbocycles. The van der Waals surface area contributed by atoms with E-state index in [0.717, 1.165) is 18.7 Å². The Morgan fingerprint density at radius 3 is 2.95 bits per heavy atom. The molecule has 3 rings (SSSR count). The Bertz CT molecular complexity index is 563. The zero-order valence-electron chi connectivity index (χ0n) is 11.7. The van der Waals surface area contributed by atoms with Crippen LogP contribution in [0.25, 0.3) is 0 Å². The third-order valence-corrected chi connectivity index (χ3v) is 4.39. The van der Waals surface area contributed by atoms with Gasteiger partial charge < -0.3 is 4.90 Å². The summed E-state index contributed by atoms with van der Waals surface area (Å²) in [4.78, 5) is 11.8. The van der Waals surface area contributed by atoms with Crippen LogP contribution in [0.5, 0.6) is 0 Å². The Morgan fingerprint density at radius 2 is 2.25 bits per heavy atom. The van der Waals surface area contributed by atoms with Gasteiger partial charge in [0.15, 0.2) is 0 Å². The molecule has 1 fully saturated rings. The van der Waals surface area contributed by atoms with Gasteiger partial charge in [-0.25, -0.2) is 0 Å². The lowest BCUT2D eigenvalue weighted by molar-refractivity contribution is 0.430. The van der Waals surface area contributed by atoms with Crippen LogP contribution in [-0.4, -0.2) is 29.3 Å². The van der Waals surface area contributed by atoms with Crippen molar-refractivity contribution in [2.75, 3.05) is 13.6 Å².